The topological polar surface area (TPSA) is 76.0 Å². The molecule has 1 aromatic heterocycles. The molecular formula is C17H24N4O2S. The Bertz CT molecular complexity index is 713. The average molecular weight is 348 g/mol. The molecule has 1 aromatic carbocycles. The van der Waals surface area contributed by atoms with Crippen molar-refractivity contribution in [3.05, 3.63) is 36.4 Å². The van der Waals surface area contributed by atoms with Crippen LogP contribution in [-0.4, -0.2) is 38.1 Å². The molecule has 0 aliphatic carbocycles. The van der Waals surface area contributed by atoms with Gasteiger partial charge in [-0.1, -0.05) is 30.3 Å². The van der Waals surface area contributed by atoms with Crippen molar-refractivity contribution in [2.24, 2.45) is 0 Å². The summed E-state index contributed by atoms with van der Waals surface area (Å²) in [6, 6.07) is 11.3. The lowest BCUT2D eigenvalue weighted by Gasteiger charge is -2.15. The molecule has 0 aliphatic heterocycles. The lowest BCUT2D eigenvalue weighted by Crippen LogP contribution is -2.39. The molecule has 0 radical (unpaired) electrons. The van der Waals surface area contributed by atoms with Gasteiger partial charge in [-0.3, -0.25) is 9.53 Å². The number of carbonyl (C=O) groups is 1. The lowest BCUT2D eigenvalue weighted by molar-refractivity contribution is 0.250. The Balaban J connectivity index is 2.15. The number of anilines is 1. The second-order valence-corrected chi connectivity index (χ2v) is 7.54. The Hall–Kier alpha value is -2.15. The first-order chi connectivity index (χ1) is 11.4. The second kappa shape index (κ2) is 8.10. The molecule has 0 saturated heterocycles. The van der Waals surface area contributed by atoms with Gasteiger partial charge < -0.3 is 5.32 Å². The third-order valence-electron chi connectivity index (χ3n) is 3.40. The summed E-state index contributed by atoms with van der Waals surface area (Å²) in [6.45, 7) is 5.84. The third-order valence-corrected chi connectivity index (χ3v) is 4.37. The Morgan fingerprint density at radius 2 is 1.92 bits per heavy atom. The number of rotatable bonds is 6. The summed E-state index contributed by atoms with van der Waals surface area (Å²) < 4.78 is 13.0. The Morgan fingerprint density at radius 1 is 1.25 bits per heavy atom. The molecule has 2 atom stereocenters. The second-order valence-electron chi connectivity index (χ2n) is 6.06. The van der Waals surface area contributed by atoms with Crippen LogP contribution in [0.25, 0.3) is 11.3 Å². The molecule has 130 valence electrons. The van der Waals surface area contributed by atoms with Gasteiger partial charge in [0.05, 0.1) is 5.69 Å². The molecule has 0 saturated carbocycles. The van der Waals surface area contributed by atoms with Crippen molar-refractivity contribution in [2.45, 2.75) is 32.9 Å². The third kappa shape index (κ3) is 4.92. The van der Waals surface area contributed by atoms with E-state index in [1.54, 1.807) is 10.9 Å². The Labute approximate surface area is 145 Å². The zero-order chi connectivity index (χ0) is 17.7. The predicted molar refractivity (Wildman–Crippen MR) is 98.6 cm³/mol. The minimum atomic E-state index is -0.951. The SMILES string of the molecule is CC(C)n1nc(-c2ccccc2)cc1NC(=O)N[C@@H](C)C[S@@](C)=O. The van der Waals surface area contributed by atoms with Gasteiger partial charge in [-0.2, -0.15) is 5.10 Å². The maximum absolute atomic E-state index is 12.2. The number of carbonyl (C=O) groups excluding carboxylic acids is 1. The summed E-state index contributed by atoms with van der Waals surface area (Å²) in [6.07, 6.45) is 1.62. The highest BCUT2D eigenvalue weighted by atomic mass is 32.2. The molecule has 0 spiro atoms. The maximum Gasteiger partial charge on any atom is 0.320 e. The minimum Gasteiger partial charge on any atom is -0.334 e. The van der Waals surface area contributed by atoms with Gasteiger partial charge >= 0.3 is 6.03 Å². The highest BCUT2D eigenvalue weighted by Crippen LogP contribution is 2.24. The summed E-state index contributed by atoms with van der Waals surface area (Å²) in [5, 5.41) is 10.2. The van der Waals surface area contributed by atoms with Crippen LogP contribution in [0.2, 0.25) is 0 Å². The van der Waals surface area contributed by atoms with Crippen LogP contribution in [0, 0.1) is 0 Å². The van der Waals surface area contributed by atoms with E-state index in [0.717, 1.165) is 11.3 Å². The van der Waals surface area contributed by atoms with Crippen LogP contribution in [-0.2, 0) is 10.8 Å². The van der Waals surface area contributed by atoms with E-state index in [0.29, 0.717) is 11.6 Å². The standard InChI is InChI=1S/C17H24N4O2S/c1-12(2)21-16(19-17(22)18-13(3)11-24(4)23)10-15(20-21)14-8-6-5-7-9-14/h5-10,12-13H,11H2,1-4H3,(H2,18,19,22)/t13-,24+/m0/s1. The quantitative estimate of drug-likeness (QED) is 0.842. The molecule has 7 heteroatoms. The van der Waals surface area contributed by atoms with Crippen molar-refractivity contribution < 1.29 is 9.00 Å². The van der Waals surface area contributed by atoms with Crippen LogP contribution < -0.4 is 10.6 Å². The summed E-state index contributed by atoms with van der Waals surface area (Å²) in [5.74, 6) is 1.05. The van der Waals surface area contributed by atoms with Crippen molar-refractivity contribution >= 4 is 22.6 Å². The largest absolute Gasteiger partial charge is 0.334 e. The Morgan fingerprint density at radius 3 is 2.50 bits per heavy atom. The molecule has 0 unspecified atom stereocenters. The fourth-order valence-corrected chi connectivity index (χ4v) is 3.19. The number of amides is 2. The van der Waals surface area contributed by atoms with Crippen LogP contribution in [0.15, 0.2) is 36.4 Å². The molecule has 2 amide bonds. The number of urea groups is 1. The van der Waals surface area contributed by atoms with Gasteiger partial charge in [0.15, 0.2) is 0 Å². The van der Waals surface area contributed by atoms with Crippen LogP contribution in [0.1, 0.15) is 26.8 Å². The molecule has 0 aliphatic rings. The normalized spacial score (nSPS) is 13.5. The number of aromatic nitrogens is 2. The van der Waals surface area contributed by atoms with E-state index in [1.165, 1.54) is 0 Å². The number of hydrogen-bond acceptors (Lipinski definition) is 3. The van der Waals surface area contributed by atoms with E-state index in [9.17, 15) is 9.00 Å². The first-order valence-electron chi connectivity index (χ1n) is 7.89. The lowest BCUT2D eigenvalue weighted by atomic mass is 10.2. The van der Waals surface area contributed by atoms with E-state index in [1.807, 2.05) is 57.2 Å². The summed E-state index contributed by atoms with van der Waals surface area (Å²) in [7, 11) is -0.951. The van der Waals surface area contributed by atoms with Gasteiger partial charge in [0.1, 0.15) is 5.82 Å². The first-order valence-corrected chi connectivity index (χ1v) is 9.62. The van der Waals surface area contributed by atoms with Gasteiger partial charge in [0.25, 0.3) is 0 Å². The monoisotopic (exact) mass is 348 g/mol. The molecule has 0 bridgehead atoms. The molecule has 2 rings (SSSR count). The molecule has 1 heterocycles. The fraction of sp³-hybridized carbons (Fsp3) is 0.412. The maximum atomic E-state index is 12.2. The first kappa shape index (κ1) is 18.2. The van der Waals surface area contributed by atoms with E-state index >= 15 is 0 Å². The smallest absolute Gasteiger partial charge is 0.320 e. The highest BCUT2D eigenvalue weighted by Gasteiger charge is 2.15. The zero-order valence-corrected chi connectivity index (χ0v) is 15.3. The zero-order valence-electron chi connectivity index (χ0n) is 14.4. The van der Waals surface area contributed by atoms with Crippen LogP contribution in [0.5, 0.6) is 0 Å². The molecule has 2 aromatic rings. The van der Waals surface area contributed by atoms with Crippen molar-refractivity contribution in [3.63, 3.8) is 0 Å². The van der Waals surface area contributed by atoms with Crippen LogP contribution >= 0.6 is 0 Å². The van der Waals surface area contributed by atoms with Crippen molar-refractivity contribution in [2.75, 3.05) is 17.3 Å². The predicted octanol–water partition coefficient (Wildman–Crippen LogP) is 3.02. The number of nitrogens with zero attached hydrogens (tertiary/aromatic N) is 2. The minimum absolute atomic E-state index is 0.110. The van der Waals surface area contributed by atoms with E-state index in [-0.39, 0.29) is 18.1 Å². The van der Waals surface area contributed by atoms with Gasteiger partial charge in [-0.15, -0.1) is 0 Å². The molecule has 0 fully saturated rings. The van der Waals surface area contributed by atoms with Gasteiger partial charge in [-0.25, -0.2) is 9.48 Å². The number of benzene rings is 1. The molecule has 24 heavy (non-hydrogen) atoms. The van der Waals surface area contributed by atoms with Crippen molar-refractivity contribution in [3.8, 4) is 11.3 Å². The molecule has 6 nitrogen and oxygen atoms in total. The van der Waals surface area contributed by atoms with E-state index in [2.05, 4.69) is 15.7 Å². The van der Waals surface area contributed by atoms with Crippen LogP contribution in [0.4, 0.5) is 10.6 Å². The summed E-state index contributed by atoms with van der Waals surface area (Å²) >= 11 is 0. The fourth-order valence-electron chi connectivity index (χ4n) is 2.40. The summed E-state index contributed by atoms with van der Waals surface area (Å²) in [4.78, 5) is 12.2. The molecular weight excluding hydrogens is 324 g/mol. The van der Waals surface area contributed by atoms with Gasteiger partial charge in [-0.05, 0) is 20.8 Å². The van der Waals surface area contributed by atoms with E-state index in [4.69, 9.17) is 0 Å². The number of hydrogen-bond donors (Lipinski definition) is 2. The van der Waals surface area contributed by atoms with Crippen molar-refractivity contribution in [1.82, 2.24) is 15.1 Å². The van der Waals surface area contributed by atoms with Crippen molar-refractivity contribution in [1.29, 1.82) is 0 Å². The Kier molecular flexibility index (Phi) is 6.14. The van der Waals surface area contributed by atoms with Gasteiger partial charge in [0, 0.05) is 46.5 Å². The molecule has 2 N–H and O–H groups in total. The summed E-state index contributed by atoms with van der Waals surface area (Å²) in [5.41, 5.74) is 1.80. The van der Waals surface area contributed by atoms with Gasteiger partial charge in [0.2, 0.25) is 0 Å². The van der Waals surface area contributed by atoms with E-state index < -0.39 is 10.8 Å². The average Bonchev–Trinajstić information content (AvgIpc) is 2.91. The van der Waals surface area contributed by atoms with Crippen LogP contribution in [0.3, 0.4) is 0 Å². The number of nitrogens with one attached hydrogen (secondary N) is 2. The highest BCUT2D eigenvalue weighted by molar-refractivity contribution is 7.84.